The molecule has 3 aromatic rings. The smallest absolute Gasteiger partial charge is 0.326 e. The lowest BCUT2D eigenvalue weighted by atomic mass is 10.1. The van der Waals surface area contributed by atoms with E-state index in [1.165, 1.54) is 16.6 Å². The van der Waals surface area contributed by atoms with E-state index in [1.54, 1.807) is 49.4 Å². The van der Waals surface area contributed by atoms with Gasteiger partial charge in [0, 0.05) is 34.6 Å². The minimum atomic E-state index is -1.15. The zero-order valence-electron chi connectivity index (χ0n) is 18.1. The first kappa shape index (κ1) is 22.8. The first-order valence-corrected chi connectivity index (χ1v) is 10.8. The molecule has 0 spiro atoms. The summed E-state index contributed by atoms with van der Waals surface area (Å²) < 4.78 is 6.87. The summed E-state index contributed by atoms with van der Waals surface area (Å²) in [7, 11) is 1.53. The van der Waals surface area contributed by atoms with Crippen LogP contribution in [0.25, 0.3) is 10.9 Å². The summed E-state index contributed by atoms with van der Waals surface area (Å²) in [5, 5.41) is 20.5. The number of carbonyl (C=O) groups excluding carboxylic acids is 2. The van der Waals surface area contributed by atoms with Crippen LogP contribution in [0.1, 0.15) is 28.0 Å². The maximum absolute atomic E-state index is 13.4. The van der Waals surface area contributed by atoms with E-state index in [0.717, 1.165) is 0 Å². The minimum absolute atomic E-state index is 0.00924. The van der Waals surface area contributed by atoms with Gasteiger partial charge in [-0.2, -0.15) is 0 Å². The Labute approximate surface area is 194 Å². The van der Waals surface area contributed by atoms with Crippen LogP contribution >= 0.6 is 11.6 Å². The Hall–Kier alpha value is -3.36. The summed E-state index contributed by atoms with van der Waals surface area (Å²) >= 11 is 5.96. The molecule has 0 saturated carbocycles. The van der Waals surface area contributed by atoms with Crippen molar-refractivity contribution in [2.75, 3.05) is 13.7 Å². The van der Waals surface area contributed by atoms with Crippen molar-refractivity contribution in [1.82, 2.24) is 9.47 Å². The molecule has 33 heavy (non-hydrogen) atoms. The van der Waals surface area contributed by atoms with Crippen molar-refractivity contribution in [2.24, 2.45) is 0 Å². The number of fused-ring (bicyclic) bond motifs is 1. The third kappa shape index (κ3) is 4.19. The fourth-order valence-corrected chi connectivity index (χ4v) is 4.50. The van der Waals surface area contributed by atoms with Crippen molar-refractivity contribution < 1.29 is 29.3 Å². The SMILES string of the molecule is COc1ccc2c(c1)c(CC(=O)N1C[C@H](O)C[C@H]1C(=O)O)c(C)n2C(=O)c1ccc(Cl)cc1. The van der Waals surface area contributed by atoms with E-state index in [1.807, 2.05) is 0 Å². The summed E-state index contributed by atoms with van der Waals surface area (Å²) in [6, 6.07) is 10.7. The quantitative estimate of drug-likeness (QED) is 0.593. The van der Waals surface area contributed by atoms with Gasteiger partial charge >= 0.3 is 5.97 Å². The monoisotopic (exact) mass is 470 g/mol. The second-order valence-corrected chi connectivity index (χ2v) is 8.50. The van der Waals surface area contributed by atoms with Crippen LogP contribution < -0.4 is 4.74 Å². The molecule has 0 bridgehead atoms. The molecule has 1 amide bonds. The molecule has 1 aromatic heterocycles. The molecule has 1 fully saturated rings. The number of halogens is 1. The Balaban J connectivity index is 1.78. The summed E-state index contributed by atoms with van der Waals surface area (Å²) in [4.78, 5) is 39.3. The van der Waals surface area contributed by atoms with Gasteiger partial charge in [-0.1, -0.05) is 11.6 Å². The van der Waals surface area contributed by atoms with Crippen LogP contribution in [0.4, 0.5) is 0 Å². The number of amides is 1. The number of carboxylic acid groups (broad SMARTS) is 1. The number of aliphatic hydroxyl groups excluding tert-OH is 1. The minimum Gasteiger partial charge on any atom is -0.497 e. The molecule has 0 radical (unpaired) electrons. The van der Waals surface area contributed by atoms with E-state index in [4.69, 9.17) is 16.3 Å². The van der Waals surface area contributed by atoms with E-state index in [-0.39, 0.29) is 25.3 Å². The number of likely N-dealkylation sites (tertiary alicyclic amines) is 1. The fraction of sp³-hybridized carbons (Fsp3) is 0.292. The van der Waals surface area contributed by atoms with Gasteiger partial charge in [-0.3, -0.25) is 14.2 Å². The summed E-state index contributed by atoms with van der Waals surface area (Å²) in [5.74, 6) is -1.30. The van der Waals surface area contributed by atoms with Crippen LogP contribution in [0.3, 0.4) is 0 Å². The molecule has 0 unspecified atom stereocenters. The van der Waals surface area contributed by atoms with Gasteiger partial charge in [0.05, 0.1) is 25.2 Å². The lowest BCUT2D eigenvalue weighted by Crippen LogP contribution is -2.41. The first-order chi connectivity index (χ1) is 15.7. The summed E-state index contributed by atoms with van der Waals surface area (Å²) in [6.45, 7) is 1.71. The lowest BCUT2D eigenvalue weighted by molar-refractivity contribution is -0.147. The molecule has 1 aliphatic rings. The third-order valence-electron chi connectivity index (χ3n) is 6.05. The van der Waals surface area contributed by atoms with E-state index >= 15 is 0 Å². The fourth-order valence-electron chi connectivity index (χ4n) is 4.37. The van der Waals surface area contributed by atoms with E-state index in [0.29, 0.717) is 38.5 Å². The van der Waals surface area contributed by atoms with Gasteiger partial charge in [0.2, 0.25) is 5.91 Å². The number of nitrogens with zero attached hydrogens (tertiary/aromatic N) is 2. The van der Waals surface area contributed by atoms with Crippen molar-refractivity contribution in [2.45, 2.75) is 31.9 Å². The van der Waals surface area contributed by atoms with Crippen LogP contribution in [0.15, 0.2) is 42.5 Å². The standard InChI is InChI=1S/C24H23ClN2O6/c1-13-18(11-22(29)26-12-16(28)9-21(26)24(31)32)19-10-17(33-2)7-8-20(19)27(13)23(30)14-3-5-15(25)6-4-14/h3-8,10,16,21,28H,9,11-12H2,1-2H3,(H,31,32)/t16-,21+/m1/s1. The lowest BCUT2D eigenvalue weighted by Gasteiger charge is -2.21. The number of aliphatic carboxylic acids is 1. The Morgan fingerprint density at radius 1 is 1.15 bits per heavy atom. The highest BCUT2D eigenvalue weighted by molar-refractivity contribution is 6.30. The summed E-state index contributed by atoms with van der Waals surface area (Å²) in [6.07, 6.45) is -1.01. The Morgan fingerprint density at radius 3 is 2.48 bits per heavy atom. The molecule has 2 heterocycles. The van der Waals surface area contributed by atoms with Crippen LogP contribution in [0, 0.1) is 6.92 Å². The zero-order valence-corrected chi connectivity index (χ0v) is 18.9. The number of ether oxygens (including phenoxy) is 1. The number of methoxy groups -OCH3 is 1. The van der Waals surface area contributed by atoms with Crippen molar-refractivity contribution in [1.29, 1.82) is 0 Å². The highest BCUT2D eigenvalue weighted by Gasteiger charge is 2.39. The molecule has 9 heteroatoms. The first-order valence-electron chi connectivity index (χ1n) is 10.4. The van der Waals surface area contributed by atoms with Gasteiger partial charge in [0.25, 0.3) is 5.91 Å². The number of aliphatic hydroxyl groups is 1. The molecule has 4 rings (SSSR count). The van der Waals surface area contributed by atoms with E-state index in [9.17, 15) is 24.6 Å². The normalized spacial score (nSPS) is 18.0. The molecule has 0 aliphatic carbocycles. The van der Waals surface area contributed by atoms with Crippen LogP contribution in [-0.4, -0.2) is 63.3 Å². The third-order valence-corrected chi connectivity index (χ3v) is 6.30. The molecule has 172 valence electrons. The topological polar surface area (TPSA) is 109 Å². The molecule has 1 saturated heterocycles. The van der Waals surface area contributed by atoms with Crippen molar-refractivity contribution >= 4 is 40.3 Å². The molecule has 8 nitrogen and oxygen atoms in total. The number of aromatic nitrogens is 1. The van der Waals surface area contributed by atoms with Crippen molar-refractivity contribution in [3.63, 3.8) is 0 Å². The molecule has 2 N–H and O–H groups in total. The zero-order chi connectivity index (χ0) is 23.9. The number of hydrogen-bond donors (Lipinski definition) is 2. The number of carboxylic acids is 1. The molecule has 2 aromatic carbocycles. The number of carbonyl (C=O) groups is 3. The van der Waals surface area contributed by atoms with Gasteiger partial charge < -0.3 is 19.8 Å². The van der Waals surface area contributed by atoms with Gasteiger partial charge in [-0.25, -0.2) is 4.79 Å². The average Bonchev–Trinajstić information content (AvgIpc) is 3.31. The van der Waals surface area contributed by atoms with Crippen LogP contribution in [0.5, 0.6) is 5.75 Å². The highest BCUT2D eigenvalue weighted by Crippen LogP contribution is 2.32. The Morgan fingerprint density at radius 2 is 1.85 bits per heavy atom. The van der Waals surface area contributed by atoms with Crippen molar-refractivity contribution in [3.05, 3.63) is 64.3 Å². The predicted molar refractivity (Wildman–Crippen MR) is 122 cm³/mol. The molecule has 1 aliphatic heterocycles. The Bertz CT molecular complexity index is 1250. The molecular formula is C24H23ClN2O6. The maximum atomic E-state index is 13.4. The largest absolute Gasteiger partial charge is 0.497 e. The van der Waals surface area contributed by atoms with Crippen LogP contribution in [-0.2, 0) is 16.0 Å². The maximum Gasteiger partial charge on any atom is 0.326 e. The summed E-state index contributed by atoms with van der Waals surface area (Å²) in [5.41, 5.74) is 2.20. The van der Waals surface area contributed by atoms with Gasteiger partial charge in [-0.05, 0) is 55.0 Å². The number of rotatable bonds is 5. The van der Waals surface area contributed by atoms with Gasteiger partial charge in [0.15, 0.2) is 0 Å². The Kier molecular flexibility index (Phi) is 6.14. The van der Waals surface area contributed by atoms with Gasteiger partial charge in [-0.15, -0.1) is 0 Å². The highest BCUT2D eigenvalue weighted by atomic mass is 35.5. The molecule has 2 atom stereocenters. The second kappa shape index (κ2) is 8.88. The number of β-amino-alcohol motifs (C(OH)–C–C–N with tert-alkyl or cyclic N) is 1. The van der Waals surface area contributed by atoms with E-state index in [2.05, 4.69) is 0 Å². The second-order valence-electron chi connectivity index (χ2n) is 8.06. The molecular weight excluding hydrogens is 448 g/mol. The predicted octanol–water partition coefficient (Wildman–Crippen LogP) is 2.89. The van der Waals surface area contributed by atoms with Gasteiger partial charge in [0.1, 0.15) is 11.8 Å². The number of benzene rings is 2. The van der Waals surface area contributed by atoms with E-state index < -0.39 is 24.0 Å². The van der Waals surface area contributed by atoms with Crippen LogP contribution in [0.2, 0.25) is 5.02 Å². The van der Waals surface area contributed by atoms with Crippen molar-refractivity contribution in [3.8, 4) is 5.75 Å². The average molecular weight is 471 g/mol. The number of hydrogen-bond acceptors (Lipinski definition) is 5.